The van der Waals surface area contributed by atoms with E-state index < -0.39 is 47.6 Å². The standard InChI is InChI=1S/C6H13NO5.2ClH.2K.H2O4S/c7-3-5(10)4(9)2(1-8)12-6(3)11;;;;;1-5(2,3)4/h2-6,8-11H,1,7H2;2*1H;;;(H2,1,2,3,4)/q;;;2*+1;/p-2/t2-,3-,4-,5-,6-;;;;;/m1...../s1. The Morgan fingerprint density at radius 1 is 1.00 bits per heavy atom. The molecule has 0 aliphatic carbocycles. The van der Waals surface area contributed by atoms with Crippen LogP contribution in [0.15, 0.2) is 0 Å². The minimum absolute atomic E-state index is 0. The van der Waals surface area contributed by atoms with Crippen LogP contribution in [0.2, 0.25) is 0 Å². The number of hydrogen-bond donors (Lipinski definition) is 7. The first-order valence-electron chi connectivity index (χ1n) is 4.34. The average Bonchev–Trinajstić information content (AvgIpc) is 2.18. The van der Waals surface area contributed by atoms with E-state index in [9.17, 15) is 10.2 Å². The Morgan fingerprint density at radius 3 is 1.62 bits per heavy atom. The molecule has 0 saturated carbocycles. The molecule has 1 rings (SSSR count). The second-order valence-corrected chi connectivity index (χ2v) is 4.15. The molecule has 1 aliphatic heterocycles. The largest absolute Gasteiger partial charge is 1.00 e. The summed E-state index contributed by atoms with van der Waals surface area (Å²) in [6.45, 7) is -0.470. The van der Waals surface area contributed by atoms with Crippen molar-refractivity contribution in [3.05, 3.63) is 0 Å². The van der Waals surface area contributed by atoms with Crippen LogP contribution in [0.1, 0.15) is 0 Å². The molecule has 0 aromatic rings. The third-order valence-corrected chi connectivity index (χ3v) is 1.95. The van der Waals surface area contributed by atoms with E-state index in [1.807, 2.05) is 0 Å². The maximum Gasteiger partial charge on any atom is 1.00 e. The van der Waals surface area contributed by atoms with Crippen LogP contribution in [0.25, 0.3) is 0 Å². The van der Waals surface area contributed by atoms with E-state index in [0.717, 1.165) is 0 Å². The van der Waals surface area contributed by atoms with Crippen LogP contribution in [0.4, 0.5) is 0 Å². The zero-order valence-corrected chi connectivity index (χ0v) is 19.8. The van der Waals surface area contributed by atoms with Gasteiger partial charge in [0.15, 0.2) is 6.29 Å². The zero-order valence-electron chi connectivity index (χ0n) is 11.2. The molecule has 120 valence electrons. The molecule has 0 aromatic carbocycles. The minimum atomic E-state index is -4.67. The number of halogens is 2. The van der Waals surface area contributed by atoms with Crippen LogP contribution >= 0.6 is 0 Å². The number of hydrogen-bond acceptors (Lipinski definition) is 8. The molecule has 1 heterocycles. The summed E-state index contributed by atoms with van der Waals surface area (Å²) in [5.41, 5.74) is 5.26. The van der Waals surface area contributed by atoms with Crippen molar-refractivity contribution in [2.45, 2.75) is 30.6 Å². The summed E-state index contributed by atoms with van der Waals surface area (Å²) in [6, 6.07) is -1.04. The SMILES string of the molecule is N[C@@H]1[C@@H](O)[C@H](O)[C@@H](CO)O[C@H]1O.O=S(=O)(O)O.[Cl-].[Cl-].[K+].[K+]. The summed E-state index contributed by atoms with van der Waals surface area (Å²) in [7, 11) is -4.67. The molecule has 5 atom stereocenters. The van der Waals surface area contributed by atoms with E-state index in [2.05, 4.69) is 0 Å². The van der Waals surface area contributed by atoms with Gasteiger partial charge in [0, 0.05) is 0 Å². The number of nitrogens with two attached hydrogens (primary N) is 1. The molecule has 0 unspecified atom stereocenters. The van der Waals surface area contributed by atoms with Crippen LogP contribution < -0.4 is 133 Å². The second kappa shape index (κ2) is 16.9. The summed E-state index contributed by atoms with van der Waals surface area (Å²) >= 11 is 0. The Labute approximate surface area is 219 Å². The van der Waals surface area contributed by atoms with Gasteiger partial charge >= 0.3 is 113 Å². The fourth-order valence-corrected chi connectivity index (χ4v) is 1.12. The normalized spacial score (nSPS) is 30.9. The predicted molar refractivity (Wildman–Crippen MR) is 52.1 cm³/mol. The minimum Gasteiger partial charge on any atom is -1.00 e. The van der Waals surface area contributed by atoms with Gasteiger partial charge in [0.2, 0.25) is 0 Å². The predicted octanol–water partition coefficient (Wildman–Crippen LogP) is -15.9. The zero-order chi connectivity index (χ0) is 13.8. The first-order valence-corrected chi connectivity index (χ1v) is 5.73. The van der Waals surface area contributed by atoms with Crippen molar-refractivity contribution in [2.75, 3.05) is 6.61 Å². The van der Waals surface area contributed by atoms with Gasteiger partial charge in [-0.15, -0.1) is 0 Å². The van der Waals surface area contributed by atoms with Crippen molar-refractivity contribution >= 4 is 10.4 Å². The van der Waals surface area contributed by atoms with Crippen LogP contribution in [-0.4, -0.2) is 75.2 Å². The summed E-state index contributed by atoms with van der Waals surface area (Å²) in [5, 5.41) is 36.1. The number of aliphatic hydroxyl groups excluding tert-OH is 4. The molecule has 1 saturated heterocycles. The molecule has 15 heteroatoms. The van der Waals surface area contributed by atoms with Crippen LogP contribution in [0.3, 0.4) is 0 Å². The Bertz CT molecular complexity index is 325. The summed E-state index contributed by atoms with van der Waals surface area (Å²) in [4.78, 5) is 0. The third-order valence-electron chi connectivity index (χ3n) is 1.95. The molecule has 0 radical (unpaired) electrons. The summed E-state index contributed by atoms with van der Waals surface area (Å²) in [6.07, 6.45) is -4.85. The molecule has 1 fully saturated rings. The van der Waals surface area contributed by atoms with Gasteiger partial charge in [-0.2, -0.15) is 8.42 Å². The van der Waals surface area contributed by atoms with Crippen LogP contribution in [-0.2, 0) is 15.1 Å². The molecular formula is C6H15Cl2K2NO9S. The van der Waals surface area contributed by atoms with E-state index in [1.165, 1.54) is 0 Å². The Hall–Kier alpha value is 3.48. The van der Waals surface area contributed by atoms with Gasteiger partial charge in [-0.25, -0.2) is 0 Å². The van der Waals surface area contributed by atoms with Gasteiger partial charge in [0.05, 0.1) is 12.6 Å². The summed E-state index contributed by atoms with van der Waals surface area (Å²) in [5.74, 6) is 0. The van der Waals surface area contributed by atoms with Crippen molar-refractivity contribution in [3.63, 3.8) is 0 Å². The first kappa shape index (κ1) is 35.6. The second-order valence-electron chi connectivity index (χ2n) is 3.25. The topological polar surface area (TPSA) is 191 Å². The molecule has 0 bridgehead atoms. The molecule has 0 amide bonds. The molecule has 1 aliphatic rings. The van der Waals surface area contributed by atoms with Gasteiger partial charge in [-0.3, -0.25) is 9.11 Å². The molecule has 0 aromatic heterocycles. The van der Waals surface area contributed by atoms with Gasteiger partial charge in [-0.1, -0.05) is 0 Å². The molecule has 0 spiro atoms. The first-order chi connectivity index (χ1) is 7.57. The van der Waals surface area contributed by atoms with Crippen LogP contribution in [0.5, 0.6) is 0 Å². The fraction of sp³-hybridized carbons (Fsp3) is 1.00. The number of aliphatic hydroxyl groups is 4. The summed E-state index contributed by atoms with van der Waals surface area (Å²) < 4.78 is 36.3. The molecule has 10 nitrogen and oxygen atoms in total. The maximum absolute atomic E-state index is 9.20. The van der Waals surface area contributed by atoms with E-state index >= 15 is 0 Å². The molecule has 21 heavy (non-hydrogen) atoms. The Balaban J connectivity index is -0.0000000844. The Kier molecular flexibility index (Phi) is 28.7. The van der Waals surface area contributed by atoms with Crippen LogP contribution in [0, 0.1) is 0 Å². The quantitative estimate of drug-likeness (QED) is 0.156. The van der Waals surface area contributed by atoms with E-state index in [1.54, 1.807) is 0 Å². The van der Waals surface area contributed by atoms with Gasteiger partial charge in [-0.05, 0) is 0 Å². The van der Waals surface area contributed by atoms with Crippen molar-refractivity contribution in [1.29, 1.82) is 0 Å². The molecular weight excluding hydrogens is 411 g/mol. The number of rotatable bonds is 1. The van der Waals surface area contributed by atoms with E-state index in [4.69, 9.17) is 38.2 Å². The Morgan fingerprint density at radius 2 is 1.33 bits per heavy atom. The smallest absolute Gasteiger partial charge is 1.00 e. The molecule has 8 N–H and O–H groups in total. The van der Waals surface area contributed by atoms with Gasteiger partial charge in [0.1, 0.15) is 18.3 Å². The average molecular weight is 426 g/mol. The van der Waals surface area contributed by atoms with Crippen molar-refractivity contribution in [1.82, 2.24) is 0 Å². The van der Waals surface area contributed by atoms with Crippen molar-refractivity contribution in [3.8, 4) is 0 Å². The van der Waals surface area contributed by atoms with Crippen molar-refractivity contribution in [2.24, 2.45) is 5.73 Å². The van der Waals surface area contributed by atoms with E-state index in [-0.39, 0.29) is 128 Å². The van der Waals surface area contributed by atoms with Gasteiger partial charge < -0.3 is 55.7 Å². The fourth-order valence-electron chi connectivity index (χ4n) is 1.12. The van der Waals surface area contributed by atoms with E-state index in [0.29, 0.717) is 0 Å². The monoisotopic (exact) mass is 425 g/mol. The maximum atomic E-state index is 9.20. The third kappa shape index (κ3) is 16.7. The van der Waals surface area contributed by atoms with Gasteiger partial charge in [0.25, 0.3) is 0 Å². The van der Waals surface area contributed by atoms with Crippen molar-refractivity contribution < 1.29 is 170 Å². The number of ether oxygens (including phenoxy) is 1.